The maximum atomic E-state index is 14.1. The van der Waals surface area contributed by atoms with Crippen LogP contribution in [0.1, 0.15) is 63.7 Å². The molecule has 1 aromatic carbocycles. The minimum Gasteiger partial charge on any atom is -0.478 e. The first kappa shape index (κ1) is 27.1. The zero-order chi connectivity index (χ0) is 24.6. The molecule has 2 heterocycles. The third-order valence-electron chi connectivity index (χ3n) is 5.94. The van der Waals surface area contributed by atoms with Crippen molar-refractivity contribution < 1.29 is 45.6 Å². The molecular weight excluding hydrogens is 463 g/mol. The molecule has 2 fully saturated rings. The van der Waals surface area contributed by atoms with Gasteiger partial charge in [-0.2, -0.15) is 13.2 Å². The summed E-state index contributed by atoms with van der Waals surface area (Å²) in [6.07, 6.45) is 1.27. The lowest BCUT2D eigenvalue weighted by atomic mass is 10.0. The van der Waals surface area contributed by atoms with E-state index in [2.05, 4.69) is 11.7 Å². The molecule has 0 atom stereocenters. The molecule has 0 saturated carbocycles. The van der Waals surface area contributed by atoms with Crippen molar-refractivity contribution in [2.75, 3.05) is 33.0 Å². The van der Waals surface area contributed by atoms with Gasteiger partial charge in [-0.05, 0) is 37.8 Å². The maximum Gasteiger partial charge on any atom is 0.422 e. The molecule has 194 valence electrons. The Kier molecular flexibility index (Phi) is 10.4. The quantitative estimate of drug-likeness (QED) is 0.266. The molecule has 2 aliphatic heterocycles. The monoisotopic (exact) mass is 496 g/mol. The van der Waals surface area contributed by atoms with Crippen LogP contribution < -0.4 is 4.74 Å². The van der Waals surface area contributed by atoms with Crippen molar-refractivity contribution in [1.82, 2.24) is 0 Å². The Balaban J connectivity index is 1.34. The van der Waals surface area contributed by atoms with E-state index in [1.54, 1.807) is 0 Å². The molecule has 0 radical (unpaired) electrons. The number of benzene rings is 1. The predicted molar refractivity (Wildman–Crippen MR) is 113 cm³/mol. The summed E-state index contributed by atoms with van der Waals surface area (Å²) in [6.45, 7) is 2.62. The van der Waals surface area contributed by atoms with E-state index in [0.717, 1.165) is 57.5 Å². The van der Waals surface area contributed by atoms with Crippen LogP contribution in [0.5, 0.6) is 5.75 Å². The Hall–Kier alpha value is -1.49. The van der Waals surface area contributed by atoms with E-state index >= 15 is 0 Å². The Labute approximate surface area is 196 Å². The highest BCUT2D eigenvalue weighted by molar-refractivity contribution is 5.32. The van der Waals surface area contributed by atoms with Crippen LogP contribution in [0, 0.1) is 23.5 Å². The van der Waals surface area contributed by atoms with Crippen LogP contribution in [0.3, 0.4) is 0 Å². The number of rotatable bonds is 11. The molecule has 2 saturated heterocycles. The van der Waals surface area contributed by atoms with Gasteiger partial charge in [-0.15, -0.1) is 0 Å². The molecule has 0 aromatic heterocycles. The van der Waals surface area contributed by atoms with Crippen LogP contribution in [0.25, 0.3) is 0 Å². The number of ether oxygens (including phenoxy) is 5. The van der Waals surface area contributed by atoms with E-state index in [9.17, 15) is 22.0 Å². The fourth-order valence-corrected chi connectivity index (χ4v) is 4.06. The first-order chi connectivity index (χ1) is 16.2. The smallest absolute Gasteiger partial charge is 0.422 e. The molecule has 0 unspecified atom stereocenters. The minimum atomic E-state index is -4.70. The highest BCUT2D eigenvalue weighted by Gasteiger charge is 2.31. The van der Waals surface area contributed by atoms with E-state index in [1.807, 2.05) is 0 Å². The normalized spacial score (nSPS) is 25.9. The number of hydrogen-bond donors (Lipinski definition) is 0. The predicted octanol–water partition coefficient (Wildman–Crippen LogP) is 6.31. The van der Waals surface area contributed by atoms with Crippen LogP contribution >= 0.6 is 0 Å². The Bertz CT molecular complexity index is 721. The molecule has 0 spiro atoms. The average molecular weight is 497 g/mol. The fraction of sp³-hybridized carbons (Fsp3) is 0.750. The summed E-state index contributed by atoms with van der Waals surface area (Å²) in [7, 11) is 0. The van der Waals surface area contributed by atoms with Crippen molar-refractivity contribution in [3.05, 3.63) is 29.3 Å². The van der Waals surface area contributed by atoms with Gasteiger partial charge in [0.25, 0.3) is 0 Å². The summed E-state index contributed by atoms with van der Waals surface area (Å²) in [5, 5.41) is 0. The number of alkyl halides is 3. The van der Waals surface area contributed by atoms with Gasteiger partial charge in [0, 0.05) is 17.4 Å². The Morgan fingerprint density at radius 3 is 1.91 bits per heavy atom. The molecular formula is C24H33F5O5. The zero-order valence-corrected chi connectivity index (χ0v) is 19.4. The fourth-order valence-electron chi connectivity index (χ4n) is 4.06. The molecule has 0 aliphatic carbocycles. The van der Waals surface area contributed by atoms with Crippen molar-refractivity contribution in [3.8, 4) is 5.75 Å². The maximum absolute atomic E-state index is 14.1. The van der Waals surface area contributed by atoms with Crippen molar-refractivity contribution in [2.45, 2.75) is 70.6 Å². The molecule has 10 heteroatoms. The van der Waals surface area contributed by atoms with Crippen LogP contribution in [-0.2, 0) is 18.9 Å². The lowest BCUT2D eigenvalue weighted by Gasteiger charge is -2.31. The van der Waals surface area contributed by atoms with E-state index in [-0.39, 0.29) is 17.8 Å². The molecule has 0 N–H and O–H groups in total. The summed E-state index contributed by atoms with van der Waals surface area (Å²) in [5.41, 5.74) is 0.0524. The molecule has 5 nitrogen and oxygen atoms in total. The average Bonchev–Trinajstić information content (AvgIpc) is 2.80. The van der Waals surface area contributed by atoms with Gasteiger partial charge in [-0.1, -0.05) is 26.2 Å². The largest absolute Gasteiger partial charge is 0.478 e. The second-order valence-electron chi connectivity index (χ2n) is 8.97. The van der Waals surface area contributed by atoms with Gasteiger partial charge in [-0.25, -0.2) is 8.78 Å². The van der Waals surface area contributed by atoms with Crippen LogP contribution in [0.15, 0.2) is 12.1 Å². The summed E-state index contributed by atoms with van der Waals surface area (Å²) >= 11 is 0. The third kappa shape index (κ3) is 8.62. The van der Waals surface area contributed by atoms with Crippen LogP contribution in [0.4, 0.5) is 22.0 Å². The standard InChI is InChI=1S/C24H33F5O5/c1-2-3-6-16-11-30-21(31-12-16)8-5-4-7-17-13-32-23(33-14-17)18-9-19(25)22(20(26)10-18)34-15-24(27,28)29/h9-10,16-17,21,23H,2-8,11-15H2,1H3. The first-order valence-corrected chi connectivity index (χ1v) is 11.9. The highest BCUT2D eigenvalue weighted by atomic mass is 19.4. The molecule has 2 aliphatic rings. The Morgan fingerprint density at radius 1 is 0.824 bits per heavy atom. The number of halogens is 5. The van der Waals surface area contributed by atoms with Gasteiger partial charge < -0.3 is 23.7 Å². The van der Waals surface area contributed by atoms with E-state index in [1.165, 1.54) is 12.8 Å². The lowest BCUT2D eigenvalue weighted by molar-refractivity contribution is -0.208. The van der Waals surface area contributed by atoms with Gasteiger partial charge in [0.2, 0.25) is 0 Å². The Morgan fingerprint density at radius 2 is 1.35 bits per heavy atom. The minimum absolute atomic E-state index is 0.0524. The first-order valence-electron chi connectivity index (χ1n) is 11.9. The lowest BCUT2D eigenvalue weighted by Crippen LogP contribution is -2.32. The second-order valence-corrected chi connectivity index (χ2v) is 8.97. The van der Waals surface area contributed by atoms with Gasteiger partial charge in [-0.3, -0.25) is 0 Å². The molecule has 0 bridgehead atoms. The van der Waals surface area contributed by atoms with Gasteiger partial charge >= 0.3 is 6.18 Å². The third-order valence-corrected chi connectivity index (χ3v) is 5.94. The number of unbranched alkanes of at least 4 members (excludes halogenated alkanes) is 2. The second kappa shape index (κ2) is 13.0. The highest BCUT2D eigenvalue weighted by Crippen LogP contribution is 2.32. The van der Waals surface area contributed by atoms with E-state index in [0.29, 0.717) is 19.1 Å². The van der Waals surface area contributed by atoms with Crippen LogP contribution in [0.2, 0.25) is 0 Å². The van der Waals surface area contributed by atoms with Gasteiger partial charge in [0.1, 0.15) is 0 Å². The SMILES string of the molecule is CCCCC1COC(CCCCC2COC(c3cc(F)c(OCC(F)(F)F)c(F)c3)OC2)OC1. The van der Waals surface area contributed by atoms with Crippen molar-refractivity contribution in [2.24, 2.45) is 11.8 Å². The summed E-state index contributed by atoms with van der Waals surface area (Å²) in [6, 6.07) is 1.74. The van der Waals surface area contributed by atoms with Gasteiger partial charge in [0.15, 0.2) is 36.6 Å². The van der Waals surface area contributed by atoms with E-state index in [4.69, 9.17) is 18.9 Å². The molecule has 1 aromatic rings. The van der Waals surface area contributed by atoms with Crippen molar-refractivity contribution >= 4 is 0 Å². The molecule has 0 amide bonds. The number of hydrogen-bond acceptors (Lipinski definition) is 5. The van der Waals surface area contributed by atoms with Crippen molar-refractivity contribution in [3.63, 3.8) is 0 Å². The summed E-state index contributed by atoms with van der Waals surface area (Å²) in [5.74, 6) is -2.91. The molecule has 34 heavy (non-hydrogen) atoms. The molecule has 3 rings (SSSR count). The summed E-state index contributed by atoms with van der Waals surface area (Å²) in [4.78, 5) is 0. The summed E-state index contributed by atoms with van der Waals surface area (Å²) < 4.78 is 92.0. The van der Waals surface area contributed by atoms with Crippen molar-refractivity contribution in [1.29, 1.82) is 0 Å². The van der Waals surface area contributed by atoms with Gasteiger partial charge in [0.05, 0.1) is 26.4 Å². The zero-order valence-electron chi connectivity index (χ0n) is 19.4. The topological polar surface area (TPSA) is 46.2 Å². The van der Waals surface area contributed by atoms with Crippen LogP contribution in [-0.4, -0.2) is 45.5 Å². The van der Waals surface area contributed by atoms with E-state index < -0.39 is 36.5 Å².